The molecule has 10 N–H and O–H groups in total. The second kappa shape index (κ2) is 34.1. The van der Waals surface area contributed by atoms with E-state index in [4.69, 9.17) is 43.6 Å². The Balaban J connectivity index is 0.000000158. The van der Waals surface area contributed by atoms with E-state index in [0.717, 1.165) is 144 Å². The summed E-state index contributed by atoms with van der Waals surface area (Å²) in [6, 6.07) is 42.2. The minimum atomic E-state index is -0.832. The molecule has 4 heterocycles. The van der Waals surface area contributed by atoms with Crippen LogP contribution in [0.2, 0.25) is 10.0 Å². The Hall–Kier alpha value is -10.7. The minimum absolute atomic E-state index is 0.0525. The molecule has 0 bridgehead atoms. The van der Waals surface area contributed by atoms with Crippen molar-refractivity contribution >= 4 is 113 Å². The number of hydrogen-bond acceptors (Lipinski definition) is 12. The largest absolute Gasteiger partial charge is 0.481 e. The molecule has 532 valence electrons. The van der Waals surface area contributed by atoms with Gasteiger partial charge >= 0.3 is 23.9 Å². The molecule has 0 fully saturated rings. The summed E-state index contributed by atoms with van der Waals surface area (Å²) in [5.41, 5.74) is 22.7. The number of rotatable bonds is 24. The van der Waals surface area contributed by atoms with Crippen LogP contribution in [-0.2, 0) is 44.9 Å². The molecule has 0 spiro atoms. The van der Waals surface area contributed by atoms with E-state index in [0.29, 0.717) is 53.9 Å². The lowest BCUT2D eigenvalue weighted by atomic mass is 9.94. The van der Waals surface area contributed by atoms with Gasteiger partial charge in [-0.1, -0.05) is 47.5 Å². The highest BCUT2D eigenvalue weighted by molar-refractivity contribution is 6.32. The molecule has 12 aromatic rings. The molecule has 0 saturated carbocycles. The SMILES string of the molecule is CC(C)N(C)c1cc(Cl)c(CCC(=O)O)cc1-c1ccc2[nH]ncc2c1.CC(C)Nc1cc(Cl)c(CCC(=O)O)cc1-c1ccc2[nH]ncc2c1.Cc1cc(N(C)C(C)C)c(-c2ccc3[nH]ncc3c2)cc1CCC(=O)O.Cc1cc(NC(C)C)c(-c2ccc3[nH]ncc3c2)cc1CCC(=O)O. The molecule has 0 atom stereocenters. The van der Waals surface area contributed by atoms with Crippen LogP contribution in [0, 0.1) is 13.8 Å². The van der Waals surface area contributed by atoms with E-state index in [2.05, 4.69) is 191 Å². The molecule has 0 aliphatic carbocycles. The van der Waals surface area contributed by atoms with Crippen LogP contribution in [0.15, 0.2) is 146 Å². The standard InChI is InChI=1S/C21H25N3O2.C20H22ClN3O2.C20H23N3O2.C19H20ClN3O2/c1-13(2)24(4)20-9-14(3)15(6-8-21(25)26)11-18(20)16-5-7-19-17(10-16)12-22-23-19;1-12(2)24(3)19-10-17(21)14(5-7-20(25)26)9-16(19)13-4-6-18-15(8-13)11-22-23-18;1-12(2)22-19-8-13(3)14(5-7-20(24)25)10-17(19)15-4-6-18-16(9-15)11-21-23-18;1-11(2)22-18-9-16(20)13(4-6-19(24)25)8-15(18)12-3-5-17-14(7-12)10-21-23-17/h5,7,9-13H,6,8H2,1-4H3,(H,22,23)(H,25,26);4,6,8-12H,5,7H2,1-3H3,(H,22,23)(H,25,26);4,6,8-12,22H,5,7H2,1-3H3,(H,21,23)(H,24,25);3,5,7-11,22H,4,6H2,1-2H3,(H,21,23)(H,24,25). The van der Waals surface area contributed by atoms with Gasteiger partial charge in [0.25, 0.3) is 0 Å². The van der Waals surface area contributed by atoms with Crippen molar-refractivity contribution in [3.63, 3.8) is 0 Å². The number of fused-ring (bicyclic) bond motifs is 4. The first-order valence-corrected chi connectivity index (χ1v) is 34.9. The molecule has 20 nitrogen and oxygen atoms in total. The van der Waals surface area contributed by atoms with Crippen molar-refractivity contribution in [1.82, 2.24) is 40.8 Å². The number of nitrogens with zero attached hydrogens (tertiary/aromatic N) is 6. The maximum atomic E-state index is 11.0. The topological polar surface area (TPSA) is 294 Å². The number of carboxylic acid groups (broad SMARTS) is 4. The second-order valence-corrected chi connectivity index (χ2v) is 27.7. The number of hydrogen-bond donors (Lipinski definition) is 10. The molecular weight excluding hydrogens is 1330 g/mol. The zero-order valence-electron chi connectivity index (χ0n) is 59.7. The summed E-state index contributed by atoms with van der Waals surface area (Å²) in [5, 5.41) is 76.5. The number of anilines is 4. The fraction of sp³-hybridized carbons (Fsp3) is 0.300. The van der Waals surface area contributed by atoms with E-state index >= 15 is 0 Å². The monoisotopic (exact) mass is 1420 g/mol. The highest BCUT2D eigenvalue weighted by atomic mass is 35.5. The fourth-order valence-corrected chi connectivity index (χ4v) is 12.5. The van der Waals surface area contributed by atoms with Gasteiger partial charge in [0.15, 0.2) is 0 Å². The van der Waals surface area contributed by atoms with Gasteiger partial charge < -0.3 is 40.9 Å². The van der Waals surface area contributed by atoms with Crippen LogP contribution in [-0.4, -0.2) is 123 Å². The quantitative estimate of drug-likeness (QED) is 0.0269. The van der Waals surface area contributed by atoms with Gasteiger partial charge in [0.2, 0.25) is 0 Å². The van der Waals surface area contributed by atoms with Gasteiger partial charge in [0, 0.05) is 141 Å². The Morgan fingerprint density at radius 1 is 0.392 bits per heavy atom. The number of carbonyl (C=O) groups is 4. The summed E-state index contributed by atoms with van der Waals surface area (Å²) >= 11 is 12.8. The van der Waals surface area contributed by atoms with Crippen molar-refractivity contribution in [1.29, 1.82) is 0 Å². The Bertz CT molecular complexity index is 4650. The van der Waals surface area contributed by atoms with Gasteiger partial charge in [-0.2, -0.15) is 20.4 Å². The number of aryl methyl sites for hydroxylation is 6. The number of carboxylic acids is 4. The summed E-state index contributed by atoms with van der Waals surface area (Å²) in [7, 11) is 4.13. The molecule has 0 radical (unpaired) electrons. The zero-order valence-corrected chi connectivity index (χ0v) is 61.2. The van der Waals surface area contributed by atoms with E-state index in [1.807, 2.05) is 87.0 Å². The van der Waals surface area contributed by atoms with E-state index in [9.17, 15) is 19.2 Å². The Kier molecular flexibility index (Phi) is 25.2. The van der Waals surface area contributed by atoms with E-state index in [1.54, 1.807) is 12.4 Å². The van der Waals surface area contributed by atoms with Crippen molar-refractivity contribution < 1.29 is 39.6 Å². The number of halogens is 2. The predicted molar refractivity (Wildman–Crippen MR) is 414 cm³/mol. The molecule has 8 aromatic carbocycles. The van der Waals surface area contributed by atoms with Gasteiger partial charge in [-0.3, -0.25) is 39.6 Å². The highest BCUT2D eigenvalue weighted by Crippen LogP contribution is 2.41. The number of nitrogens with one attached hydrogen (secondary N) is 6. The summed E-state index contributed by atoms with van der Waals surface area (Å²) in [4.78, 5) is 48.2. The molecule has 0 amide bonds. The first kappa shape index (κ1) is 75.5. The third-order valence-electron chi connectivity index (χ3n) is 17.9. The smallest absolute Gasteiger partial charge is 0.303 e. The summed E-state index contributed by atoms with van der Waals surface area (Å²) in [6.45, 7) is 21.0. The zero-order chi connectivity index (χ0) is 73.6. The first-order chi connectivity index (χ1) is 48.6. The third kappa shape index (κ3) is 19.4. The van der Waals surface area contributed by atoms with E-state index in [-0.39, 0.29) is 31.7 Å². The van der Waals surface area contributed by atoms with Crippen LogP contribution < -0.4 is 20.4 Å². The summed E-state index contributed by atoms with van der Waals surface area (Å²) < 4.78 is 0. The van der Waals surface area contributed by atoms with Crippen molar-refractivity contribution in [3.8, 4) is 44.5 Å². The minimum Gasteiger partial charge on any atom is -0.481 e. The van der Waals surface area contributed by atoms with Crippen LogP contribution >= 0.6 is 23.2 Å². The second-order valence-electron chi connectivity index (χ2n) is 26.8. The molecule has 0 saturated heterocycles. The molecule has 0 unspecified atom stereocenters. The Morgan fingerprint density at radius 3 is 1.02 bits per heavy atom. The third-order valence-corrected chi connectivity index (χ3v) is 18.6. The Morgan fingerprint density at radius 2 is 0.676 bits per heavy atom. The number of aromatic amines is 4. The lowest BCUT2D eigenvalue weighted by molar-refractivity contribution is -0.138. The van der Waals surface area contributed by atoms with Gasteiger partial charge in [-0.15, -0.1) is 0 Å². The lowest BCUT2D eigenvalue weighted by Gasteiger charge is -2.28. The van der Waals surface area contributed by atoms with Gasteiger partial charge in [-0.05, 0) is 248 Å². The maximum absolute atomic E-state index is 11.0. The van der Waals surface area contributed by atoms with Crippen LogP contribution in [0.25, 0.3) is 88.1 Å². The van der Waals surface area contributed by atoms with Crippen LogP contribution in [0.1, 0.15) is 114 Å². The average Bonchev–Trinajstić information content (AvgIpc) is 1.25. The number of aromatic nitrogens is 8. The normalized spacial score (nSPS) is 11.2. The molecular formula is C80H90Cl2N12O8. The molecule has 0 aliphatic heterocycles. The predicted octanol–water partition coefficient (Wildman–Crippen LogP) is 18.2. The van der Waals surface area contributed by atoms with Crippen molar-refractivity contribution in [2.24, 2.45) is 0 Å². The van der Waals surface area contributed by atoms with Crippen molar-refractivity contribution in [2.45, 2.75) is 145 Å². The molecule has 4 aromatic heterocycles. The van der Waals surface area contributed by atoms with Crippen LogP contribution in [0.4, 0.5) is 22.7 Å². The van der Waals surface area contributed by atoms with E-state index in [1.165, 1.54) is 0 Å². The van der Waals surface area contributed by atoms with Gasteiger partial charge in [0.05, 0.1) is 46.9 Å². The van der Waals surface area contributed by atoms with Gasteiger partial charge in [0.1, 0.15) is 0 Å². The maximum Gasteiger partial charge on any atom is 0.303 e. The number of H-pyrrole nitrogens is 4. The summed E-state index contributed by atoms with van der Waals surface area (Å²) in [5.74, 6) is -3.20. The molecule has 0 aliphatic rings. The van der Waals surface area contributed by atoms with Crippen molar-refractivity contribution in [3.05, 3.63) is 190 Å². The molecule has 22 heteroatoms. The summed E-state index contributed by atoms with van der Waals surface area (Å²) in [6.07, 6.45) is 9.48. The Labute approximate surface area is 603 Å². The fourth-order valence-electron chi connectivity index (χ4n) is 12.0. The van der Waals surface area contributed by atoms with Crippen LogP contribution in [0.3, 0.4) is 0 Å². The highest BCUT2D eigenvalue weighted by Gasteiger charge is 2.21. The van der Waals surface area contributed by atoms with Crippen molar-refractivity contribution in [2.75, 3.05) is 34.5 Å². The van der Waals surface area contributed by atoms with E-state index < -0.39 is 23.9 Å². The van der Waals surface area contributed by atoms with Crippen LogP contribution in [0.5, 0.6) is 0 Å². The van der Waals surface area contributed by atoms with Gasteiger partial charge in [-0.25, -0.2) is 0 Å². The molecule has 102 heavy (non-hydrogen) atoms. The number of benzene rings is 8. The average molecular weight is 1420 g/mol. The lowest BCUT2D eigenvalue weighted by Crippen LogP contribution is -2.26. The number of aliphatic carboxylic acids is 4. The first-order valence-electron chi connectivity index (χ1n) is 34.1. The molecule has 12 rings (SSSR count).